The quantitative estimate of drug-likeness (QED) is 0.717. The predicted molar refractivity (Wildman–Crippen MR) is 94.6 cm³/mol. The Morgan fingerprint density at radius 3 is 2.67 bits per heavy atom. The molecule has 1 N–H and O–H groups in total. The lowest BCUT2D eigenvalue weighted by Gasteiger charge is -2.13. The van der Waals surface area contributed by atoms with E-state index in [9.17, 15) is 13.2 Å². The lowest BCUT2D eigenvalue weighted by atomic mass is 10.1. The van der Waals surface area contributed by atoms with Gasteiger partial charge in [0.2, 0.25) is 5.91 Å². The molecule has 0 saturated carbocycles. The van der Waals surface area contributed by atoms with Crippen LogP contribution >= 0.6 is 11.8 Å². The number of hydrogen-bond donors (Lipinski definition) is 1. The van der Waals surface area contributed by atoms with Crippen molar-refractivity contribution in [2.24, 2.45) is 18.9 Å². The largest absolute Gasteiger partial charge is 0.355 e. The van der Waals surface area contributed by atoms with Crippen LogP contribution in [0.3, 0.4) is 0 Å². The fraction of sp³-hybridized carbons (Fsp3) is 0.800. The molecule has 0 spiro atoms. The van der Waals surface area contributed by atoms with Gasteiger partial charge >= 0.3 is 0 Å². The molecule has 1 aliphatic heterocycles. The summed E-state index contributed by atoms with van der Waals surface area (Å²) in [4.78, 5) is 12.1. The summed E-state index contributed by atoms with van der Waals surface area (Å²) >= 11 is 1.37. The number of sulfone groups is 1. The lowest BCUT2D eigenvalue weighted by molar-refractivity contribution is -0.120. The molecule has 1 aliphatic rings. The Kier molecular flexibility index (Phi) is 6.30. The summed E-state index contributed by atoms with van der Waals surface area (Å²) in [6, 6.07) is 0. The Morgan fingerprint density at radius 2 is 2.08 bits per heavy atom. The molecule has 1 fully saturated rings. The molecule has 1 aromatic rings. The number of amides is 1. The van der Waals surface area contributed by atoms with Crippen molar-refractivity contribution in [2.45, 2.75) is 44.0 Å². The van der Waals surface area contributed by atoms with E-state index in [2.05, 4.69) is 29.4 Å². The van der Waals surface area contributed by atoms with Gasteiger partial charge in [-0.05, 0) is 25.2 Å². The van der Waals surface area contributed by atoms with Crippen LogP contribution in [-0.4, -0.2) is 52.4 Å². The van der Waals surface area contributed by atoms with Gasteiger partial charge in [0.15, 0.2) is 15.0 Å². The summed E-state index contributed by atoms with van der Waals surface area (Å²) in [5.41, 5.74) is 0. The molecular weight excluding hydrogens is 348 g/mol. The fourth-order valence-corrected chi connectivity index (χ4v) is 5.30. The number of nitrogens with zero attached hydrogens (tertiary/aromatic N) is 3. The number of thioether (sulfide) groups is 1. The van der Waals surface area contributed by atoms with Crippen LogP contribution in [0.4, 0.5) is 0 Å². The van der Waals surface area contributed by atoms with Crippen molar-refractivity contribution in [1.29, 1.82) is 0 Å². The molecule has 0 radical (unpaired) electrons. The van der Waals surface area contributed by atoms with Crippen molar-refractivity contribution in [1.82, 2.24) is 20.1 Å². The van der Waals surface area contributed by atoms with Crippen LogP contribution < -0.4 is 5.32 Å². The van der Waals surface area contributed by atoms with Gasteiger partial charge in [-0.1, -0.05) is 25.6 Å². The third kappa shape index (κ3) is 5.20. The summed E-state index contributed by atoms with van der Waals surface area (Å²) < 4.78 is 25.0. The van der Waals surface area contributed by atoms with Crippen LogP contribution in [0.5, 0.6) is 0 Å². The van der Waals surface area contributed by atoms with E-state index in [1.165, 1.54) is 11.8 Å². The van der Waals surface area contributed by atoms with Crippen LogP contribution in [0.2, 0.25) is 0 Å². The van der Waals surface area contributed by atoms with E-state index in [1.54, 1.807) is 0 Å². The number of carbonyl (C=O) groups is 1. The molecule has 9 heteroatoms. The second-order valence-corrected chi connectivity index (χ2v) is 10.4. The van der Waals surface area contributed by atoms with Gasteiger partial charge in [0.05, 0.1) is 16.8 Å². The molecule has 2 atom stereocenters. The maximum atomic E-state index is 12.1. The van der Waals surface area contributed by atoms with E-state index in [1.807, 2.05) is 18.5 Å². The Morgan fingerprint density at radius 1 is 1.38 bits per heavy atom. The van der Waals surface area contributed by atoms with Crippen molar-refractivity contribution in [3.8, 4) is 0 Å². The average molecular weight is 375 g/mol. The molecule has 2 heterocycles. The van der Waals surface area contributed by atoms with Crippen LogP contribution in [0.15, 0.2) is 5.16 Å². The molecule has 136 valence electrons. The molecule has 0 aliphatic carbocycles. The molecular formula is C15H26N4O3S2. The van der Waals surface area contributed by atoms with E-state index in [-0.39, 0.29) is 28.6 Å². The van der Waals surface area contributed by atoms with Crippen LogP contribution in [0.1, 0.15) is 33.0 Å². The molecule has 1 saturated heterocycles. The monoisotopic (exact) mass is 374 g/mol. The first-order valence-corrected chi connectivity index (χ1v) is 10.9. The Labute approximate surface area is 147 Å². The average Bonchev–Trinajstić information content (AvgIpc) is 3.01. The van der Waals surface area contributed by atoms with Crippen LogP contribution in [0.25, 0.3) is 0 Å². The van der Waals surface area contributed by atoms with E-state index in [0.29, 0.717) is 30.5 Å². The first kappa shape index (κ1) is 19.2. The van der Waals surface area contributed by atoms with Gasteiger partial charge < -0.3 is 9.88 Å². The second kappa shape index (κ2) is 7.86. The molecule has 1 amide bonds. The molecule has 1 aromatic heterocycles. The van der Waals surface area contributed by atoms with Gasteiger partial charge in [-0.3, -0.25) is 4.79 Å². The van der Waals surface area contributed by atoms with Crippen molar-refractivity contribution in [3.63, 3.8) is 0 Å². The maximum Gasteiger partial charge on any atom is 0.233 e. The summed E-state index contributed by atoms with van der Waals surface area (Å²) in [5.74, 6) is 1.79. The highest BCUT2D eigenvalue weighted by Crippen LogP contribution is 2.25. The van der Waals surface area contributed by atoms with E-state index in [0.717, 1.165) is 5.82 Å². The third-order valence-electron chi connectivity index (χ3n) is 4.06. The van der Waals surface area contributed by atoms with Crippen molar-refractivity contribution >= 4 is 27.5 Å². The Hall–Kier alpha value is -1.09. The molecule has 7 nitrogen and oxygen atoms in total. The predicted octanol–water partition coefficient (Wildman–Crippen LogP) is 1.05. The normalized spacial score (nSPS) is 21.1. The number of carbonyl (C=O) groups excluding carboxylic acids is 1. The smallest absolute Gasteiger partial charge is 0.233 e. The van der Waals surface area contributed by atoms with Crippen molar-refractivity contribution < 1.29 is 13.2 Å². The summed E-state index contributed by atoms with van der Waals surface area (Å²) in [5, 5.41) is 11.7. The zero-order chi connectivity index (χ0) is 17.9. The zero-order valence-corrected chi connectivity index (χ0v) is 16.3. The number of nitrogens with one attached hydrogen (secondary N) is 1. The Bertz CT molecular complexity index is 685. The topological polar surface area (TPSA) is 94.0 Å². The highest BCUT2D eigenvalue weighted by atomic mass is 32.2. The summed E-state index contributed by atoms with van der Waals surface area (Å²) in [6.45, 7) is 6.61. The van der Waals surface area contributed by atoms with Gasteiger partial charge in [0, 0.05) is 20.0 Å². The van der Waals surface area contributed by atoms with Crippen molar-refractivity contribution in [2.75, 3.05) is 18.1 Å². The SMILES string of the molecule is CC(C)CNC(=O)[C@H](C)Sc1nnc(C[C@@H]2CCS(=O)(=O)C2)n1C. The van der Waals surface area contributed by atoms with Crippen LogP contribution in [0, 0.1) is 11.8 Å². The van der Waals surface area contributed by atoms with Gasteiger partial charge in [-0.25, -0.2) is 8.42 Å². The first-order chi connectivity index (χ1) is 11.2. The number of aromatic nitrogens is 3. The standard InChI is InChI=1S/C15H26N4O3S2/c1-10(2)8-16-14(20)11(3)23-15-18-17-13(19(15)4)7-12-5-6-24(21,22)9-12/h10-12H,5-9H2,1-4H3,(H,16,20)/t11-,12-/m0/s1. The van der Waals surface area contributed by atoms with E-state index < -0.39 is 9.84 Å². The van der Waals surface area contributed by atoms with Gasteiger partial charge in [0.25, 0.3) is 0 Å². The first-order valence-electron chi connectivity index (χ1n) is 8.21. The van der Waals surface area contributed by atoms with Crippen molar-refractivity contribution in [3.05, 3.63) is 5.82 Å². The molecule has 0 aromatic carbocycles. The third-order valence-corrected chi connectivity index (χ3v) is 7.03. The van der Waals surface area contributed by atoms with E-state index >= 15 is 0 Å². The minimum Gasteiger partial charge on any atom is -0.355 e. The molecule has 0 unspecified atom stereocenters. The van der Waals surface area contributed by atoms with Gasteiger partial charge in [0.1, 0.15) is 5.82 Å². The minimum absolute atomic E-state index is 0.0138. The number of hydrogen-bond acceptors (Lipinski definition) is 6. The zero-order valence-electron chi connectivity index (χ0n) is 14.7. The summed E-state index contributed by atoms with van der Waals surface area (Å²) in [6.07, 6.45) is 1.29. The summed E-state index contributed by atoms with van der Waals surface area (Å²) in [7, 11) is -1.02. The van der Waals surface area contributed by atoms with E-state index in [4.69, 9.17) is 0 Å². The number of rotatable bonds is 7. The minimum atomic E-state index is -2.88. The molecule has 2 rings (SSSR count). The lowest BCUT2D eigenvalue weighted by Crippen LogP contribution is -2.33. The van der Waals surface area contributed by atoms with Gasteiger partial charge in [-0.15, -0.1) is 10.2 Å². The molecule has 24 heavy (non-hydrogen) atoms. The highest BCUT2D eigenvalue weighted by molar-refractivity contribution is 8.00. The fourth-order valence-electron chi connectivity index (χ4n) is 2.58. The second-order valence-electron chi connectivity index (χ2n) is 6.83. The van der Waals surface area contributed by atoms with Gasteiger partial charge in [-0.2, -0.15) is 0 Å². The van der Waals surface area contributed by atoms with Crippen LogP contribution in [-0.2, 0) is 28.1 Å². The highest BCUT2D eigenvalue weighted by Gasteiger charge is 2.29. The molecule has 0 bridgehead atoms. The maximum absolute atomic E-state index is 12.1. The Balaban J connectivity index is 1.93.